The number of ether oxygens (including phenoxy) is 1. The lowest BCUT2D eigenvalue weighted by molar-refractivity contribution is -0.127. The van der Waals surface area contributed by atoms with E-state index in [-0.39, 0.29) is 11.8 Å². The van der Waals surface area contributed by atoms with Crippen molar-refractivity contribution in [1.82, 2.24) is 20.4 Å². The largest absolute Gasteiger partial charge is 0.381 e. The number of carbonyl (C=O) groups excluding carboxylic acids is 1. The van der Waals surface area contributed by atoms with Crippen LogP contribution in [0, 0.1) is 25.7 Å². The molecular weight excluding hydrogens is 392 g/mol. The number of methoxy groups -OCH3 is 1. The molecule has 168 valence electrons. The molecular formula is C24H34N4O3. The Labute approximate surface area is 184 Å². The topological polar surface area (TPSA) is 90.1 Å². The number of nitrogens with zero attached hydrogens (tertiary/aromatic N) is 3. The van der Waals surface area contributed by atoms with Gasteiger partial charge in [-0.3, -0.25) is 4.79 Å². The Kier molecular flexibility index (Phi) is 7.00. The van der Waals surface area contributed by atoms with E-state index in [0.717, 1.165) is 86.4 Å². The molecule has 1 N–H and O–H groups in total. The van der Waals surface area contributed by atoms with Gasteiger partial charge in [0, 0.05) is 37.8 Å². The van der Waals surface area contributed by atoms with E-state index >= 15 is 0 Å². The SMILES string of the molecule is COC1CCC(C(=O)NCC2CCC(c3nc(C)ncc3-c3cc(C)no3)CC2)CC1. The zero-order valence-corrected chi connectivity index (χ0v) is 18.9. The summed E-state index contributed by atoms with van der Waals surface area (Å²) in [4.78, 5) is 21.7. The third-order valence-electron chi connectivity index (χ3n) is 7.01. The third kappa shape index (κ3) is 5.32. The molecule has 31 heavy (non-hydrogen) atoms. The maximum Gasteiger partial charge on any atom is 0.223 e. The molecule has 0 bridgehead atoms. The Bertz CT molecular complexity index is 881. The molecule has 2 aliphatic carbocycles. The summed E-state index contributed by atoms with van der Waals surface area (Å²) >= 11 is 0. The molecule has 4 rings (SSSR count). The van der Waals surface area contributed by atoms with Crippen molar-refractivity contribution in [2.24, 2.45) is 11.8 Å². The highest BCUT2D eigenvalue weighted by atomic mass is 16.5. The first-order chi connectivity index (χ1) is 15.0. The van der Waals surface area contributed by atoms with Crippen molar-refractivity contribution < 1.29 is 14.1 Å². The van der Waals surface area contributed by atoms with Crippen LogP contribution < -0.4 is 5.32 Å². The normalized spacial score (nSPS) is 26.5. The second kappa shape index (κ2) is 9.90. The van der Waals surface area contributed by atoms with Gasteiger partial charge in [0.25, 0.3) is 0 Å². The number of carbonyl (C=O) groups is 1. The van der Waals surface area contributed by atoms with Gasteiger partial charge in [0.15, 0.2) is 5.76 Å². The van der Waals surface area contributed by atoms with Crippen molar-refractivity contribution in [3.8, 4) is 11.3 Å². The molecule has 0 saturated heterocycles. The number of aryl methyl sites for hydroxylation is 2. The van der Waals surface area contributed by atoms with E-state index in [9.17, 15) is 4.79 Å². The first-order valence-corrected chi connectivity index (χ1v) is 11.6. The minimum absolute atomic E-state index is 0.152. The van der Waals surface area contributed by atoms with Crippen LogP contribution in [0.5, 0.6) is 0 Å². The summed E-state index contributed by atoms with van der Waals surface area (Å²) in [5.41, 5.74) is 2.88. The van der Waals surface area contributed by atoms with Crippen molar-refractivity contribution in [2.45, 2.75) is 77.2 Å². The van der Waals surface area contributed by atoms with E-state index in [4.69, 9.17) is 14.2 Å². The van der Waals surface area contributed by atoms with Crippen molar-refractivity contribution in [3.63, 3.8) is 0 Å². The first kappa shape index (κ1) is 21.9. The second-order valence-corrected chi connectivity index (χ2v) is 9.22. The van der Waals surface area contributed by atoms with E-state index in [1.54, 1.807) is 7.11 Å². The fraction of sp³-hybridized carbons (Fsp3) is 0.667. The lowest BCUT2D eigenvalue weighted by Crippen LogP contribution is -2.37. The minimum Gasteiger partial charge on any atom is -0.381 e. The van der Waals surface area contributed by atoms with Crippen molar-refractivity contribution >= 4 is 5.91 Å². The van der Waals surface area contributed by atoms with Crippen LogP contribution in [0.15, 0.2) is 16.8 Å². The molecule has 0 radical (unpaired) electrons. The predicted molar refractivity (Wildman–Crippen MR) is 117 cm³/mol. The number of nitrogens with one attached hydrogen (secondary N) is 1. The van der Waals surface area contributed by atoms with Gasteiger partial charge in [-0.25, -0.2) is 9.97 Å². The summed E-state index contributed by atoms with van der Waals surface area (Å²) < 4.78 is 10.9. The van der Waals surface area contributed by atoms with E-state index < -0.39 is 0 Å². The third-order valence-corrected chi connectivity index (χ3v) is 7.01. The number of aromatic nitrogens is 3. The molecule has 0 unspecified atom stereocenters. The Morgan fingerprint density at radius 2 is 1.87 bits per heavy atom. The summed E-state index contributed by atoms with van der Waals surface area (Å²) in [6.45, 7) is 4.64. The quantitative estimate of drug-likeness (QED) is 0.739. The summed E-state index contributed by atoms with van der Waals surface area (Å²) in [5, 5.41) is 7.25. The summed E-state index contributed by atoms with van der Waals surface area (Å²) in [6.07, 6.45) is 10.4. The highest BCUT2D eigenvalue weighted by Crippen LogP contribution is 2.39. The maximum absolute atomic E-state index is 12.6. The molecule has 0 atom stereocenters. The standard InChI is InChI=1S/C24H34N4O3/c1-15-12-22(31-28-15)21-14-25-16(2)27-23(21)18-6-4-17(5-7-18)13-26-24(29)19-8-10-20(30-3)11-9-19/h12,14,17-20H,4-11,13H2,1-3H3,(H,26,29). The highest BCUT2D eigenvalue weighted by Gasteiger charge is 2.29. The fourth-order valence-corrected chi connectivity index (χ4v) is 5.07. The van der Waals surface area contributed by atoms with Gasteiger partial charge in [-0.15, -0.1) is 0 Å². The van der Waals surface area contributed by atoms with Crippen LogP contribution in [0.1, 0.15) is 74.5 Å². The Balaban J connectivity index is 1.30. The van der Waals surface area contributed by atoms with Gasteiger partial charge in [0.05, 0.1) is 23.1 Å². The molecule has 2 heterocycles. The number of rotatable bonds is 6. The van der Waals surface area contributed by atoms with E-state index in [0.29, 0.717) is 17.9 Å². The zero-order chi connectivity index (χ0) is 21.8. The van der Waals surface area contributed by atoms with Crippen molar-refractivity contribution in [3.05, 3.63) is 29.5 Å². The van der Waals surface area contributed by atoms with Crippen molar-refractivity contribution in [1.29, 1.82) is 0 Å². The molecule has 7 heteroatoms. The van der Waals surface area contributed by atoms with Crippen LogP contribution in [0.3, 0.4) is 0 Å². The molecule has 7 nitrogen and oxygen atoms in total. The van der Waals surface area contributed by atoms with E-state index in [2.05, 4.69) is 15.5 Å². The molecule has 0 aromatic carbocycles. The second-order valence-electron chi connectivity index (χ2n) is 9.22. The van der Waals surface area contributed by atoms with Crippen LogP contribution in [0.25, 0.3) is 11.3 Å². The summed E-state index contributed by atoms with van der Waals surface area (Å²) in [5.74, 6) is 2.83. The van der Waals surface area contributed by atoms with Gasteiger partial charge in [0.2, 0.25) is 5.91 Å². The van der Waals surface area contributed by atoms with Gasteiger partial charge in [0.1, 0.15) is 5.82 Å². The van der Waals surface area contributed by atoms with E-state index in [1.165, 1.54) is 0 Å². The van der Waals surface area contributed by atoms with Crippen molar-refractivity contribution in [2.75, 3.05) is 13.7 Å². The molecule has 2 fully saturated rings. The van der Waals surface area contributed by atoms with Crippen LogP contribution in [0.2, 0.25) is 0 Å². The average molecular weight is 427 g/mol. The fourth-order valence-electron chi connectivity index (χ4n) is 5.07. The van der Waals surface area contributed by atoms with Gasteiger partial charge >= 0.3 is 0 Å². The van der Waals surface area contributed by atoms with Crippen LogP contribution in [-0.2, 0) is 9.53 Å². The van der Waals surface area contributed by atoms with E-state index in [1.807, 2.05) is 26.1 Å². The van der Waals surface area contributed by atoms with Crippen LogP contribution >= 0.6 is 0 Å². The predicted octanol–water partition coefficient (Wildman–Crippen LogP) is 4.34. The van der Waals surface area contributed by atoms with Gasteiger partial charge in [-0.05, 0) is 71.1 Å². The number of hydrogen-bond acceptors (Lipinski definition) is 6. The number of hydrogen-bond donors (Lipinski definition) is 1. The Morgan fingerprint density at radius 1 is 1.13 bits per heavy atom. The molecule has 2 aliphatic rings. The Morgan fingerprint density at radius 3 is 2.52 bits per heavy atom. The summed E-state index contributed by atoms with van der Waals surface area (Å²) in [7, 11) is 1.76. The molecule has 0 spiro atoms. The molecule has 2 aromatic rings. The molecule has 2 saturated carbocycles. The van der Waals surface area contributed by atoms with Crippen LogP contribution in [-0.4, -0.2) is 40.8 Å². The van der Waals surface area contributed by atoms with Gasteiger partial charge < -0.3 is 14.6 Å². The van der Waals surface area contributed by atoms with Gasteiger partial charge in [-0.2, -0.15) is 0 Å². The lowest BCUT2D eigenvalue weighted by atomic mass is 9.79. The maximum atomic E-state index is 12.6. The van der Waals surface area contributed by atoms with Gasteiger partial charge in [-0.1, -0.05) is 5.16 Å². The Hall–Kier alpha value is -2.28. The monoisotopic (exact) mass is 426 g/mol. The molecule has 1 amide bonds. The average Bonchev–Trinajstić information content (AvgIpc) is 3.24. The molecule has 2 aromatic heterocycles. The highest BCUT2D eigenvalue weighted by molar-refractivity contribution is 5.78. The first-order valence-electron chi connectivity index (χ1n) is 11.6. The van der Waals surface area contributed by atoms with Crippen LogP contribution in [0.4, 0.5) is 0 Å². The smallest absolute Gasteiger partial charge is 0.223 e. The lowest BCUT2D eigenvalue weighted by Gasteiger charge is -2.30. The number of amides is 1. The minimum atomic E-state index is 0.152. The summed E-state index contributed by atoms with van der Waals surface area (Å²) in [6, 6.07) is 1.94. The zero-order valence-electron chi connectivity index (χ0n) is 18.9. The molecule has 0 aliphatic heterocycles.